The Balaban J connectivity index is 2.25. The van der Waals surface area contributed by atoms with Gasteiger partial charge in [-0.05, 0) is 0 Å². The minimum absolute atomic E-state index is 1.03. The van der Waals surface area contributed by atoms with E-state index in [9.17, 15) is 0 Å². The summed E-state index contributed by atoms with van der Waals surface area (Å²) in [7, 11) is 0. The molecule has 0 aliphatic carbocycles. The normalized spacial score (nSPS) is 16.2. The molecule has 0 radical (unpaired) electrons. The SMILES string of the molecule is Cc1cc(C)[c](/[Ru](=[CH]/c2ccccc2)=[C]2NCCN2)c(C)c1. The Morgan fingerprint density at radius 1 is 0.909 bits per heavy atom. The molecule has 0 aromatic heterocycles. The molecule has 1 fully saturated rings. The van der Waals surface area contributed by atoms with Crippen LogP contribution in [0.3, 0.4) is 0 Å². The summed E-state index contributed by atoms with van der Waals surface area (Å²) in [5.41, 5.74) is 5.52. The van der Waals surface area contributed by atoms with Crippen molar-refractivity contribution >= 4 is 13.1 Å². The molecule has 0 spiro atoms. The van der Waals surface area contributed by atoms with E-state index in [-0.39, 0.29) is 0 Å². The van der Waals surface area contributed by atoms with Gasteiger partial charge in [-0.3, -0.25) is 0 Å². The second-order valence-corrected chi connectivity index (χ2v) is 9.34. The molecule has 1 saturated heterocycles. The Morgan fingerprint density at radius 2 is 1.50 bits per heavy atom. The van der Waals surface area contributed by atoms with Crippen molar-refractivity contribution in [1.82, 2.24) is 10.6 Å². The van der Waals surface area contributed by atoms with E-state index < -0.39 is 15.0 Å². The van der Waals surface area contributed by atoms with Gasteiger partial charge in [0, 0.05) is 0 Å². The fourth-order valence-electron chi connectivity index (χ4n) is 2.82. The molecule has 3 heteroatoms. The van der Waals surface area contributed by atoms with Crippen molar-refractivity contribution in [1.29, 1.82) is 0 Å². The van der Waals surface area contributed by atoms with Crippen molar-refractivity contribution in [2.75, 3.05) is 13.1 Å². The molecule has 1 aliphatic rings. The first-order chi connectivity index (χ1) is 10.6. The van der Waals surface area contributed by atoms with Gasteiger partial charge in [0.25, 0.3) is 0 Å². The zero-order valence-corrected chi connectivity index (χ0v) is 15.1. The first-order valence-electron chi connectivity index (χ1n) is 7.62. The molecule has 1 heterocycles. The Kier molecular flexibility index (Phi) is 4.88. The molecule has 3 rings (SSSR count). The number of nitrogens with one attached hydrogen (secondary N) is 2. The van der Waals surface area contributed by atoms with Gasteiger partial charge in [-0.25, -0.2) is 0 Å². The standard InChI is InChI=1S/C9H11.C7H6.C3H6N2.Ru/c1-7-4-8(2)6-9(3)5-7;1-7-5-3-2-4-6-7;1-2-5-3-4-1;/h4-5H,1-3H3;1-6H;4-5H,1-2H2;. The van der Waals surface area contributed by atoms with Crippen LogP contribution in [0.1, 0.15) is 22.3 Å². The van der Waals surface area contributed by atoms with Gasteiger partial charge in [-0.2, -0.15) is 0 Å². The van der Waals surface area contributed by atoms with E-state index in [4.69, 9.17) is 0 Å². The molecule has 0 atom stereocenters. The summed E-state index contributed by atoms with van der Waals surface area (Å²) >= 11 is -1.45. The van der Waals surface area contributed by atoms with Gasteiger partial charge >= 0.3 is 137 Å². The first kappa shape index (κ1) is 15.6. The molecule has 2 aromatic carbocycles. The van der Waals surface area contributed by atoms with Crippen LogP contribution in [0.25, 0.3) is 0 Å². The quantitative estimate of drug-likeness (QED) is 0.779. The number of hydrogen-bond donors (Lipinski definition) is 2. The summed E-state index contributed by atoms with van der Waals surface area (Å²) in [4.78, 5) is 0. The van der Waals surface area contributed by atoms with Crippen LogP contribution in [-0.4, -0.2) is 22.1 Å². The van der Waals surface area contributed by atoms with Gasteiger partial charge in [0.1, 0.15) is 0 Å². The third-order valence-electron chi connectivity index (χ3n) is 3.64. The Hall–Kier alpha value is -1.28. The summed E-state index contributed by atoms with van der Waals surface area (Å²) in [6.07, 6.45) is 0. The minimum atomic E-state index is -1.45. The second kappa shape index (κ2) is 6.87. The van der Waals surface area contributed by atoms with Crippen LogP contribution < -0.4 is 14.8 Å². The molecule has 0 bridgehead atoms. The number of benzene rings is 2. The van der Waals surface area contributed by atoms with Crippen LogP contribution in [0.4, 0.5) is 0 Å². The van der Waals surface area contributed by atoms with E-state index in [0.717, 1.165) is 13.1 Å². The van der Waals surface area contributed by atoms with Crippen LogP contribution >= 0.6 is 0 Å². The molecular formula is C19H23N2Ru. The van der Waals surface area contributed by atoms with E-state index in [1.54, 1.807) is 4.16 Å². The fourth-order valence-corrected chi connectivity index (χ4v) is 7.50. The third kappa shape index (κ3) is 3.38. The fraction of sp³-hybridized carbons (Fsp3) is 0.263. The average molecular weight is 380 g/mol. The average Bonchev–Trinajstić information content (AvgIpc) is 3.00. The molecule has 117 valence electrons. The molecule has 22 heavy (non-hydrogen) atoms. The summed E-state index contributed by atoms with van der Waals surface area (Å²) in [5, 5.41) is 7.16. The van der Waals surface area contributed by atoms with Gasteiger partial charge in [0.05, 0.1) is 0 Å². The number of aryl methyl sites for hydroxylation is 3. The van der Waals surface area contributed by atoms with E-state index in [1.165, 1.54) is 26.6 Å². The van der Waals surface area contributed by atoms with E-state index in [1.807, 2.05) is 0 Å². The van der Waals surface area contributed by atoms with E-state index >= 15 is 0 Å². The first-order valence-corrected chi connectivity index (χ1v) is 10.4. The zero-order valence-electron chi connectivity index (χ0n) is 13.4. The maximum atomic E-state index is 3.58. The van der Waals surface area contributed by atoms with Gasteiger partial charge < -0.3 is 0 Å². The zero-order chi connectivity index (χ0) is 15.5. The molecule has 2 N–H and O–H groups in total. The molecule has 0 unspecified atom stereocenters. The third-order valence-corrected chi connectivity index (χ3v) is 8.58. The maximum absolute atomic E-state index is 3.58. The van der Waals surface area contributed by atoms with Crippen molar-refractivity contribution in [3.8, 4) is 0 Å². The van der Waals surface area contributed by atoms with Crippen molar-refractivity contribution in [3.05, 3.63) is 64.7 Å². The van der Waals surface area contributed by atoms with Crippen LogP contribution in [-0.2, 0) is 15.0 Å². The van der Waals surface area contributed by atoms with Crippen molar-refractivity contribution in [2.45, 2.75) is 20.8 Å². The number of rotatable bonds is 2. The Morgan fingerprint density at radius 3 is 2.09 bits per heavy atom. The molecule has 0 saturated carbocycles. The van der Waals surface area contributed by atoms with Gasteiger partial charge in [-0.15, -0.1) is 0 Å². The monoisotopic (exact) mass is 381 g/mol. The van der Waals surface area contributed by atoms with Gasteiger partial charge in [-0.1, -0.05) is 0 Å². The van der Waals surface area contributed by atoms with Crippen molar-refractivity contribution in [2.24, 2.45) is 0 Å². The van der Waals surface area contributed by atoms with E-state index in [0.29, 0.717) is 0 Å². The van der Waals surface area contributed by atoms with E-state index in [2.05, 4.69) is 78.5 Å². The Bertz CT molecular complexity index is 738. The van der Waals surface area contributed by atoms with Gasteiger partial charge in [0.2, 0.25) is 0 Å². The van der Waals surface area contributed by atoms with Gasteiger partial charge in [0.15, 0.2) is 0 Å². The predicted octanol–water partition coefficient (Wildman–Crippen LogP) is 1.99. The van der Waals surface area contributed by atoms with Crippen molar-refractivity contribution < 1.29 is 15.0 Å². The number of hydrogen-bond acceptors (Lipinski definition) is 2. The Labute approximate surface area is 137 Å². The molecule has 0 amide bonds. The second-order valence-electron chi connectivity index (χ2n) is 5.66. The molecule has 2 nitrogen and oxygen atoms in total. The topological polar surface area (TPSA) is 24.1 Å². The molecule has 1 aliphatic heterocycles. The summed E-state index contributed by atoms with van der Waals surface area (Å²) in [6, 6.07) is 15.4. The van der Waals surface area contributed by atoms with Crippen molar-refractivity contribution in [3.63, 3.8) is 0 Å². The molecule has 2 aromatic rings. The van der Waals surface area contributed by atoms with Crippen LogP contribution in [0, 0.1) is 20.8 Å². The predicted molar refractivity (Wildman–Crippen MR) is 92.9 cm³/mol. The van der Waals surface area contributed by atoms with Crippen LogP contribution in [0.5, 0.6) is 0 Å². The molecular weight excluding hydrogens is 357 g/mol. The van der Waals surface area contributed by atoms with Crippen LogP contribution in [0.2, 0.25) is 0 Å². The summed E-state index contributed by atoms with van der Waals surface area (Å²) < 4.78 is 5.41. The van der Waals surface area contributed by atoms with Crippen LogP contribution in [0.15, 0.2) is 42.5 Å². The summed E-state index contributed by atoms with van der Waals surface area (Å²) in [6.45, 7) is 8.76. The summed E-state index contributed by atoms with van der Waals surface area (Å²) in [5.74, 6) is 0.